The van der Waals surface area contributed by atoms with Gasteiger partial charge in [-0.1, -0.05) is 25.8 Å². The van der Waals surface area contributed by atoms with E-state index in [0.29, 0.717) is 6.42 Å². The Labute approximate surface area is 158 Å². The molecule has 10 nitrogen and oxygen atoms in total. The van der Waals surface area contributed by atoms with E-state index in [1.54, 1.807) is 0 Å². The molecule has 0 radical (unpaired) electrons. The summed E-state index contributed by atoms with van der Waals surface area (Å²) in [6.07, 6.45) is 2.13. The summed E-state index contributed by atoms with van der Waals surface area (Å²) in [7, 11) is -7.48. The molecular formula is C15H23N3O7S2. The number of hydrogen-bond acceptors (Lipinski definition) is 7. The van der Waals surface area contributed by atoms with E-state index in [4.69, 9.17) is 0 Å². The van der Waals surface area contributed by atoms with Crippen molar-refractivity contribution in [1.29, 1.82) is 0 Å². The van der Waals surface area contributed by atoms with Crippen LogP contribution in [-0.4, -0.2) is 52.3 Å². The van der Waals surface area contributed by atoms with Gasteiger partial charge in [0.1, 0.15) is 5.75 Å². The molecule has 1 rings (SSSR count). The lowest BCUT2D eigenvalue weighted by atomic mass is 10.3. The smallest absolute Gasteiger partial charge is 0.270 e. The summed E-state index contributed by atoms with van der Waals surface area (Å²) >= 11 is 0. The summed E-state index contributed by atoms with van der Waals surface area (Å²) < 4.78 is 49.9. The quantitative estimate of drug-likeness (QED) is 0.284. The molecule has 1 aromatic carbocycles. The minimum atomic E-state index is -3.99. The fourth-order valence-corrected chi connectivity index (χ4v) is 4.49. The van der Waals surface area contributed by atoms with Crippen LogP contribution in [0.15, 0.2) is 29.2 Å². The topological polar surface area (TPSA) is 153 Å². The molecular weight excluding hydrogens is 398 g/mol. The van der Waals surface area contributed by atoms with Crippen molar-refractivity contribution in [3.8, 4) is 0 Å². The number of rotatable bonds is 12. The highest BCUT2D eigenvalue weighted by molar-refractivity contribution is 7.92. The Balaban J connectivity index is 2.47. The first-order valence-corrected chi connectivity index (χ1v) is 11.6. The Kier molecular flexibility index (Phi) is 8.79. The molecule has 0 aliphatic carbocycles. The van der Waals surface area contributed by atoms with Crippen LogP contribution in [0.5, 0.6) is 0 Å². The van der Waals surface area contributed by atoms with Gasteiger partial charge < -0.3 is 5.32 Å². The van der Waals surface area contributed by atoms with Gasteiger partial charge in [0.25, 0.3) is 5.69 Å². The lowest BCUT2D eigenvalue weighted by Gasteiger charge is -2.08. The highest BCUT2D eigenvalue weighted by Gasteiger charge is 2.18. The van der Waals surface area contributed by atoms with E-state index in [9.17, 15) is 31.7 Å². The van der Waals surface area contributed by atoms with E-state index in [2.05, 4.69) is 10.0 Å². The number of unbranched alkanes of at least 4 members (excludes halogenated alkanes) is 2. The maximum absolute atomic E-state index is 12.1. The molecule has 27 heavy (non-hydrogen) atoms. The first-order valence-electron chi connectivity index (χ1n) is 8.28. The second kappa shape index (κ2) is 10.3. The highest BCUT2D eigenvalue weighted by atomic mass is 32.2. The number of hydrogen-bond donors (Lipinski definition) is 2. The summed E-state index contributed by atoms with van der Waals surface area (Å²) in [5.41, 5.74) is -0.362. The second-order valence-corrected chi connectivity index (χ2v) is 9.75. The zero-order valence-corrected chi connectivity index (χ0v) is 16.5. The molecule has 12 heteroatoms. The fourth-order valence-electron chi connectivity index (χ4n) is 2.13. The molecule has 0 saturated heterocycles. The van der Waals surface area contributed by atoms with Crippen LogP contribution in [0.2, 0.25) is 0 Å². The third-order valence-electron chi connectivity index (χ3n) is 3.49. The van der Waals surface area contributed by atoms with Gasteiger partial charge in [-0.25, -0.2) is 21.6 Å². The fraction of sp³-hybridized carbons (Fsp3) is 0.533. The number of non-ortho nitro benzene ring substituents is 1. The number of carbonyl (C=O) groups is 1. The maximum atomic E-state index is 12.1. The number of carbonyl (C=O) groups excluding carboxylic acids is 1. The van der Waals surface area contributed by atoms with E-state index >= 15 is 0 Å². The van der Waals surface area contributed by atoms with Gasteiger partial charge in [-0.3, -0.25) is 14.9 Å². The van der Waals surface area contributed by atoms with Gasteiger partial charge in [0, 0.05) is 25.2 Å². The summed E-state index contributed by atoms with van der Waals surface area (Å²) in [4.78, 5) is 21.4. The van der Waals surface area contributed by atoms with Crippen molar-refractivity contribution >= 4 is 31.5 Å². The number of nitrogens with zero attached hydrogens (tertiary/aromatic N) is 1. The van der Waals surface area contributed by atoms with Crippen LogP contribution in [0.25, 0.3) is 0 Å². The third kappa shape index (κ3) is 8.45. The van der Waals surface area contributed by atoms with Crippen molar-refractivity contribution in [1.82, 2.24) is 10.0 Å². The third-order valence-corrected chi connectivity index (χ3v) is 6.56. The molecule has 1 amide bonds. The summed E-state index contributed by atoms with van der Waals surface area (Å²) in [6, 6.07) is 4.54. The van der Waals surface area contributed by atoms with Crippen molar-refractivity contribution in [3.05, 3.63) is 34.4 Å². The number of nitrogens with one attached hydrogen (secondary N) is 2. The molecule has 152 valence electrons. The van der Waals surface area contributed by atoms with Crippen LogP contribution < -0.4 is 10.0 Å². The SMILES string of the molecule is CCCCCS(=O)(=O)CC(=O)NCCNS(=O)(=O)c1cccc([N+](=O)[O-])c1. The standard InChI is InChI=1S/C15H23N3O7S2/c1-2-3-4-10-26(22,23)12-15(19)16-8-9-17-27(24,25)14-7-5-6-13(11-14)18(20)21/h5-7,11,17H,2-4,8-10,12H2,1H3,(H,16,19). The van der Waals surface area contributed by atoms with Gasteiger partial charge in [-0.05, 0) is 12.5 Å². The molecule has 0 bridgehead atoms. The van der Waals surface area contributed by atoms with Crippen LogP contribution in [0.4, 0.5) is 5.69 Å². The van der Waals surface area contributed by atoms with E-state index in [-0.39, 0.29) is 29.4 Å². The number of sulfone groups is 1. The van der Waals surface area contributed by atoms with Crippen LogP contribution >= 0.6 is 0 Å². The molecule has 1 aromatic rings. The number of amides is 1. The molecule has 0 aliphatic rings. The Hall–Kier alpha value is -2.05. The number of benzene rings is 1. The lowest BCUT2D eigenvalue weighted by molar-refractivity contribution is -0.385. The summed E-state index contributed by atoms with van der Waals surface area (Å²) in [6.45, 7) is 1.64. The zero-order valence-electron chi connectivity index (χ0n) is 14.9. The molecule has 2 N–H and O–H groups in total. The number of sulfonamides is 1. The van der Waals surface area contributed by atoms with E-state index in [1.807, 2.05) is 6.92 Å². The number of nitro groups is 1. The Morgan fingerprint density at radius 2 is 1.85 bits per heavy atom. The lowest BCUT2D eigenvalue weighted by Crippen LogP contribution is -2.37. The van der Waals surface area contributed by atoms with E-state index < -0.39 is 36.4 Å². The predicted molar refractivity (Wildman–Crippen MR) is 99.5 cm³/mol. The maximum Gasteiger partial charge on any atom is 0.270 e. The van der Waals surface area contributed by atoms with Gasteiger partial charge >= 0.3 is 0 Å². The van der Waals surface area contributed by atoms with Gasteiger partial charge in [-0.2, -0.15) is 0 Å². The van der Waals surface area contributed by atoms with E-state index in [1.165, 1.54) is 18.2 Å². The molecule has 0 spiro atoms. The summed E-state index contributed by atoms with van der Waals surface area (Å²) in [5, 5.41) is 13.0. The van der Waals surface area contributed by atoms with Crippen LogP contribution in [0.3, 0.4) is 0 Å². The molecule has 0 unspecified atom stereocenters. The first kappa shape index (κ1) is 23.0. The molecule has 0 atom stereocenters. The molecule has 0 saturated carbocycles. The van der Waals surface area contributed by atoms with Gasteiger partial charge in [-0.15, -0.1) is 0 Å². The average Bonchev–Trinajstić information content (AvgIpc) is 2.58. The Morgan fingerprint density at radius 1 is 1.15 bits per heavy atom. The second-order valence-electron chi connectivity index (χ2n) is 5.80. The minimum absolute atomic E-state index is 0.0618. The first-order chi connectivity index (χ1) is 12.6. The van der Waals surface area contributed by atoms with Crippen molar-refractivity contribution < 1.29 is 26.6 Å². The monoisotopic (exact) mass is 421 g/mol. The highest BCUT2D eigenvalue weighted by Crippen LogP contribution is 2.16. The average molecular weight is 421 g/mol. The van der Waals surface area contributed by atoms with Gasteiger partial charge in [0.05, 0.1) is 15.6 Å². The molecule has 0 heterocycles. The summed E-state index contributed by atoms with van der Waals surface area (Å²) in [5.74, 6) is -1.41. The Morgan fingerprint density at radius 3 is 2.48 bits per heavy atom. The molecule has 0 aromatic heterocycles. The van der Waals surface area contributed by atoms with E-state index in [0.717, 1.165) is 18.9 Å². The van der Waals surface area contributed by atoms with Crippen LogP contribution in [-0.2, 0) is 24.7 Å². The van der Waals surface area contributed by atoms with Gasteiger partial charge in [0.15, 0.2) is 9.84 Å². The Bertz CT molecular complexity index is 867. The molecule has 0 aliphatic heterocycles. The van der Waals surface area contributed by atoms with Crippen molar-refractivity contribution in [3.63, 3.8) is 0 Å². The minimum Gasteiger partial charge on any atom is -0.354 e. The van der Waals surface area contributed by atoms with Crippen molar-refractivity contribution in [2.45, 2.75) is 31.1 Å². The van der Waals surface area contributed by atoms with Crippen LogP contribution in [0.1, 0.15) is 26.2 Å². The molecule has 0 fully saturated rings. The van der Waals surface area contributed by atoms with Crippen molar-refractivity contribution in [2.75, 3.05) is 24.6 Å². The predicted octanol–water partition coefficient (Wildman–Crippen LogP) is 0.594. The number of nitro benzene ring substituents is 1. The van der Waals surface area contributed by atoms with Crippen molar-refractivity contribution in [2.24, 2.45) is 0 Å². The zero-order chi connectivity index (χ0) is 20.5. The normalized spacial score (nSPS) is 11.9. The van der Waals surface area contributed by atoms with Crippen LogP contribution in [0, 0.1) is 10.1 Å². The largest absolute Gasteiger partial charge is 0.354 e. The van der Waals surface area contributed by atoms with Gasteiger partial charge in [0.2, 0.25) is 15.9 Å².